The Bertz CT molecular complexity index is 564. The van der Waals surface area contributed by atoms with Gasteiger partial charge in [0.1, 0.15) is 0 Å². The first-order valence-corrected chi connectivity index (χ1v) is 6.98. The zero-order valence-corrected chi connectivity index (χ0v) is 11.5. The molecule has 0 spiro atoms. The van der Waals surface area contributed by atoms with Crippen LogP contribution in [-0.2, 0) is 11.2 Å². The molecule has 0 N–H and O–H groups in total. The van der Waals surface area contributed by atoms with Crippen LogP contribution in [0.25, 0.3) is 0 Å². The lowest BCUT2D eigenvalue weighted by atomic mass is 10.0. The van der Waals surface area contributed by atoms with Crippen molar-refractivity contribution in [3.8, 4) is 0 Å². The van der Waals surface area contributed by atoms with Gasteiger partial charge in [-0.05, 0) is 24.1 Å². The van der Waals surface area contributed by atoms with E-state index in [1.807, 2.05) is 6.07 Å². The molecule has 0 saturated carbocycles. The number of nitrogens with zero attached hydrogens (tertiary/aromatic N) is 1. The minimum Gasteiger partial charge on any atom is -0.373 e. The van der Waals surface area contributed by atoms with Gasteiger partial charge in [0.05, 0.1) is 19.3 Å². The van der Waals surface area contributed by atoms with Crippen molar-refractivity contribution in [1.82, 2.24) is 0 Å². The molecule has 0 unspecified atom stereocenters. The summed E-state index contributed by atoms with van der Waals surface area (Å²) in [6, 6.07) is 21.3. The van der Waals surface area contributed by atoms with Gasteiger partial charge in [-0.1, -0.05) is 55.1 Å². The van der Waals surface area contributed by atoms with Crippen LogP contribution >= 0.6 is 0 Å². The van der Waals surface area contributed by atoms with Crippen molar-refractivity contribution >= 4 is 5.69 Å². The average Bonchev–Trinajstić information content (AvgIpc) is 2.49. The van der Waals surface area contributed by atoms with Gasteiger partial charge < -0.3 is 9.64 Å². The number of rotatable bonds is 3. The molecule has 1 fully saturated rings. The molecule has 0 aromatic heterocycles. The fraction of sp³-hybridized carbons (Fsp3) is 0.222. The minimum absolute atomic E-state index is 0.307. The highest BCUT2D eigenvalue weighted by molar-refractivity contribution is 5.53. The molecule has 0 bridgehead atoms. The molecular weight excluding hydrogens is 246 g/mol. The van der Waals surface area contributed by atoms with Crippen LogP contribution in [0.15, 0.2) is 72.9 Å². The molecule has 1 aliphatic heterocycles. The highest BCUT2D eigenvalue weighted by Gasteiger charge is 2.26. The lowest BCUT2D eigenvalue weighted by Gasteiger charge is -2.39. The van der Waals surface area contributed by atoms with Crippen molar-refractivity contribution in [2.45, 2.75) is 12.5 Å². The maximum Gasteiger partial charge on any atom is 0.0863 e. The maximum absolute atomic E-state index is 5.68. The SMILES string of the molecule is C=C1COC[C@H](Cc2ccccc2)N1c1ccccc1. The lowest BCUT2D eigenvalue weighted by Crippen LogP contribution is -2.45. The largest absolute Gasteiger partial charge is 0.373 e. The summed E-state index contributed by atoms with van der Waals surface area (Å²) in [7, 11) is 0. The Morgan fingerprint density at radius 3 is 2.35 bits per heavy atom. The highest BCUT2D eigenvalue weighted by Crippen LogP contribution is 2.26. The summed E-state index contributed by atoms with van der Waals surface area (Å²) < 4.78 is 5.68. The molecular formula is C18H19NO. The van der Waals surface area contributed by atoms with Crippen molar-refractivity contribution in [2.75, 3.05) is 18.1 Å². The Balaban J connectivity index is 1.85. The predicted molar refractivity (Wildman–Crippen MR) is 82.8 cm³/mol. The number of hydrogen-bond acceptors (Lipinski definition) is 2. The van der Waals surface area contributed by atoms with E-state index < -0.39 is 0 Å². The summed E-state index contributed by atoms with van der Waals surface area (Å²) in [5.41, 5.74) is 3.56. The van der Waals surface area contributed by atoms with Gasteiger partial charge in [-0.25, -0.2) is 0 Å². The highest BCUT2D eigenvalue weighted by atomic mass is 16.5. The summed E-state index contributed by atoms with van der Waals surface area (Å²) in [6.45, 7) is 5.51. The summed E-state index contributed by atoms with van der Waals surface area (Å²) in [4.78, 5) is 2.32. The molecule has 1 saturated heterocycles. The van der Waals surface area contributed by atoms with Gasteiger partial charge in [-0.15, -0.1) is 0 Å². The third kappa shape index (κ3) is 2.75. The van der Waals surface area contributed by atoms with Crippen molar-refractivity contribution in [3.05, 3.63) is 78.5 Å². The van der Waals surface area contributed by atoms with E-state index >= 15 is 0 Å². The first-order chi connectivity index (χ1) is 9.84. The van der Waals surface area contributed by atoms with E-state index in [4.69, 9.17) is 4.74 Å². The average molecular weight is 265 g/mol. The second kappa shape index (κ2) is 5.93. The summed E-state index contributed by atoms with van der Waals surface area (Å²) in [6.07, 6.45) is 0.967. The Hall–Kier alpha value is -2.06. The van der Waals surface area contributed by atoms with Crippen molar-refractivity contribution in [3.63, 3.8) is 0 Å². The van der Waals surface area contributed by atoms with E-state index in [1.165, 1.54) is 11.3 Å². The van der Waals surface area contributed by atoms with Crippen LogP contribution < -0.4 is 4.90 Å². The number of para-hydroxylation sites is 1. The standard InChI is InChI=1S/C18H19NO/c1-15-13-20-14-18(12-16-8-4-2-5-9-16)19(15)17-10-6-3-7-11-17/h2-11,18H,1,12-14H2/t18-/m0/s1. The van der Waals surface area contributed by atoms with Gasteiger partial charge >= 0.3 is 0 Å². The Morgan fingerprint density at radius 1 is 1.00 bits per heavy atom. The van der Waals surface area contributed by atoms with Crippen LogP contribution in [0.3, 0.4) is 0 Å². The maximum atomic E-state index is 5.68. The third-order valence-electron chi connectivity index (χ3n) is 3.63. The predicted octanol–water partition coefficient (Wildman–Crippen LogP) is 3.65. The van der Waals surface area contributed by atoms with Gasteiger partial charge in [0.15, 0.2) is 0 Å². The van der Waals surface area contributed by atoms with E-state index in [0.717, 1.165) is 18.7 Å². The molecule has 2 nitrogen and oxygen atoms in total. The molecule has 20 heavy (non-hydrogen) atoms. The van der Waals surface area contributed by atoms with Crippen LogP contribution in [-0.4, -0.2) is 19.3 Å². The fourth-order valence-electron chi connectivity index (χ4n) is 2.73. The van der Waals surface area contributed by atoms with E-state index in [-0.39, 0.29) is 0 Å². The lowest BCUT2D eigenvalue weighted by molar-refractivity contribution is 0.115. The molecule has 0 amide bonds. The van der Waals surface area contributed by atoms with E-state index in [9.17, 15) is 0 Å². The summed E-state index contributed by atoms with van der Waals surface area (Å²) in [5, 5.41) is 0. The van der Waals surface area contributed by atoms with Gasteiger partial charge in [-0.2, -0.15) is 0 Å². The number of hydrogen-bond donors (Lipinski definition) is 0. The van der Waals surface area contributed by atoms with E-state index in [1.54, 1.807) is 0 Å². The van der Waals surface area contributed by atoms with Crippen molar-refractivity contribution in [1.29, 1.82) is 0 Å². The Kier molecular flexibility index (Phi) is 3.84. The first kappa shape index (κ1) is 12.9. The van der Waals surface area contributed by atoms with Gasteiger partial charge in [-0.3, -0.25) is 0 Å². The Labute approximate surface area is 120 Å². The van der Waals surface area contributed by atoms with E-state index in [2.05, 4.69) is 66.1 Å². The Morgan fingerprint density at radius 2 is 1.65 bits per heavy atom. The minimum atomic E-state index is 0.307. The third-order valence-corrected chi connectivity index (χ3v) is 3.63. The van der Waals surface area contributed by atoms with Gasteiger partial charge in [0.2, 0.25) is 0 Å². The molecule has 1 heterocycles. The second-order valence-corrected chi connectivity index (χ2v) is 5.13. The zero-order chi connectivity index (χ0) is 13.8. The number of morpholine rings is 1. The normalized spacial score (nSPS) is 19.1. The number of ether oxygens (including phenoxy) is 1. The molecule has 2 heteroatoms. The topological polar surface area (TPSA) is 12.5 Å². The number of anilines is 1. The summed E-state index contributed by atoms with van der Waals surface area (Å²) >= 11 is 0. The molecule has 0 radical (unpaired) electrons. The van der Waals surface area contributed by atoms with Crippen LogP contribution in [0.4, 0.5) is 5.69 Å². The molecule has 2 aromatic carbocycles. The molecule has 1 atom stereocenters. The fourth-order valence-corrected chi connectivity index (χ4v) is 2.73. The van der Waals surface area contributed by atoms with Gasteiger partial charge in [0, 0.05) is 11.4 Å². The van der Waals surface area contributed by atoms with Crippen LogP contribution in [0.5, 0.6) is 0 Å². The monoisotopic (exact) mass is 265 g/mol. The van der Waals surface area contributed by atoms with Crippen LogP contribution in [0, 0.1) is 0 Å². The summed E-state index contributed by atoms with van der Waals surface area (Å²) in [5.74, 6) is 0. The van der Waals surface area contributed by atoms with Crippen LogP contribution in [0.1, 0.15) is 5.56 Å². The van der Waals surface area contributed by atoms with Crippen LogP contribution in [0.2, 0.25) is 0 Å². The molecule has 102 valence electrons. The molecule has 1 aliphatic rings. The number of benzene rings is 2. The zero-order valence-electron chi connectivity index (χ0n) is 11.5. The smallest absolute Gasteiger partial charge is 0.0863 e. The molecule has 0 aliphatic carbocycles. The van der Waals surface area contributed by atoms with Gasteiger partial charge in [0.25, 0.3) is 0 Å². The quantitative estimate of drug-likeness (QED) is 0.840. The molecule has 3 rings (SSSR count). The second-order valence-electron chi connectivity index (χ2n) is 5.13. The molecule has 2 aromatic rings. The van der Waals surface area contributed by atoms with Crippen molar-refractivity contribution in [2.24, 2.45) is 0 Å². The van der Waals surface area contributed by atoms with E-state index in [0.29, 0.717) is 12.6 Å². The first-order valence-electron chi connectivity index (χ1n) is 6.98. The van der Waals surface area contributed by atoms with Crippen molar-refractivity contribution < 1.29 is 4.74 Å².